The predicted molar refractivity (Wildman–Crippen MR) is 99.2 cm³/mol. The third-order valence-corrected chi connectivity index (χ3v) is 3.46. The van der Waals surface area contributed by atoms with E-state index in [0.717, 1.165) is 0 Å². The van der Waals surface area contributed by atoms with Crippen molar-refractivity contribution in [3.05, 3.63) is 84.7 Å². The molecule has 26 heavy (non-hydrogen) atoms. The molecule has 0 radical (unpaired) electrons. The van der Waals surface area contributed by atoms with Crippen LogP contribution in [0.1, 0.15) is 10.4 Å². The molecule has 130 valence electrons. The second-order valence-corrected chi connectivity index (χ2v) is 5.42. The molecule has 6 nitrogen and oxygen atoms in total. The minimum atomic E-state index is -0.263. The van der Waals surface area contributed by atoms with Gasteiger partial charge in [-0.1, -0.05) is 18.2 Å². The maximum atomic E-state index is 12.1. The zero-order valence-electron chi connectivity index (χ0n) is 13.9. The van der Waals surface area contributed by atoms with Gasteiger partial charge in [-0.3, -0.25) is 14.6 Å². The standard InChI is InChI=1S/C20H17N3O3/c24-19(14-26-18-6-2-1-3-7-18)22-16-8-10-17(11-9-16)23-20(25)15-5-4-12-21-13-15/h1-13H,14H2,(H,22,24)(H,23,25). The third-order valence-electron chi connectivity index (χ3n) is 3.46. The number of hydrogen-bond acceptors (Lipinski definition) is 4. The van der Waals surface area contributed by atoms with E-state index in [0.29, 0.717) is 22.7 Å². The number of rotatable bonds is 6. The predicted octanol–water partition coefficient (Wildman–Crippen LogP) is 3.35. The second kappa shape index (κ2) is 8.43. The van der Waals surface area contributed by atoms with Crippen molar-refractivity contribution in [1.82, 2.24) is 4.98 Å². The maximum Gasteiger partial charge on any atom is 0.262 e. The number of anilines is 2. The SMILES string of the molecule is O=C(COc1ccccc1)Nc1ccc(NC(=O)c2cccnc2)cc1. The summed E-state index contributed by atoms with van der Waals surface area (Å²) in [4.78, 5) is 27.9. The molecule has 0 aliphatic heterocycles. The van der Waals surface area contributed by atoms with E-state index in [-0.39, 0.29) is 18.4 Å². The average Bonchev–Trinajstić information content (AvgIpc) is 2.69. The van der Waals surface area contributed by atoms with Crippen molar-refractivity contribution in [1.29, 1.82) is 0 Å². The fourth-order valence-corrected chi connectivity index (χ4v) is 2.20. The molecule has 1 aromatic heterocycles. The molecule has 2 N–H and O–H groups in total. The van der Waals surface area contributed by atoms with Gasteiger partial charge in [0.1, 0.15) is 5.75 Å². The number of benzene rings is 2. The number of ether oxygens (including phenoxy) is 1. The van der Waals surface area contributed by atoms with E-state index >= 15 is 0 Å². The quantitative estimate of drug-likeness (QED) is 0.716. The molecule has 2 aromatic carbocycles. The Labute approximate surface area is 150 Å². The molecule has 3 rings (SSSR count). The molecule has 3 aromatic rings. The first-order valence-corrected chi connectivity index (χ1v) is 8.00. The minimum Gasteiger partial charge on any atom is -0.484 e. The van der Waals surface area contributed by atoms with Crippen LogP contribution in [0.25, 0.3) is 0 Å². The average molecular weight is 347 g/mol. The highest BCUT2D eigenvalue weighted by Gasteiger charge is 2.07. The second-order valence-electron chi connectivity index (χ2n) is 5.42. The lowest BCUT2D eigenvalue weighted by molar-refractivity contribution is -0.118. The van der Waals surface area contributed by atoms with E-state index < -0.39 is 0 Å². The summed E-state index contributed by atoms with van der Waals surface area (Å²) in [7, 11) is 0. The van der Waals surface area contributed by atoms with Gasteiger partial charge in [0.15, 0.2) is 6.61 Å². The normalized spacial score (nSPS) is 10.0. The van der Waals surface area contributed by atoms with Crippen LogP contribution < -0.4 is 15.4 Å². The molecular formula is C20H17N3O3. The van der Waals surface area contributed by atoms with Gasteiger partial charge in [-0.05, 0) is 48.5 Å². The zero-order chi connectivity index (χ0) is 18.2. The van der Waals surface area contributed by atoms with E-state index in [1.807, 2.05) is 18.2 Å². The van der Waals surface area contributed by atoms with Gasteiger partial charge in [0.25, 0.3) is 11.8 Å². The van der Waals surface area contributed by atoms with Crippen LogP contribution in [0.2, 0.25) is 0 Å². The van der Waals surface area contributed by atoms with E-state index in [1.165, 1.54) is 6.20 Å². The monoisotopic (exact) mass is 347 g/mol. The van der Waals surface area contributed by atoms with E-state index in [2.05, 4.69) is 15.6 Å². The third kappa shape index (κ3) is 4.91. The molecule has 0 atom stereocenters. The molecule has 1 heterocycles. The molecule has 0 saturated heterocycles. The number of carbonyl (C=O) groups excluding carboxylic acids is 2. The number of nitrogens with zero attached hydrogens (tertiary/aromatic N) is 1. The summed E-state index contributed by atoms with van der Waals surface area (Å²) in [5, 5.41) is 5.51. The maximum absolute atomic E-state index is 12.1. The Morgan fingerprint density at radius 3 is 2.19 bits per heavy atom. The fourth-order valence-electron chi connectivity index (χ4n) is 2.20. The molecule has 0 bridgehead atoms. The summed E-state index contributed by atoms with van der Waals surface area (Å²) >= 11 is 0. The Balaban J connectivity index is 1.51. The van der Waals surface area contributed by atoms with Crippen molar-refractivity contribution >= 4 is 23.2 Å². The largest absolute Gasteiger partial charge is 0.484 e. The van der Waals surface area contributed by atoms with Gasteiger partial charge in [-0.15, -0.1) is 0 Å². The number of amides is 2. The van der Waals surface area contributed by atoms with Crippen molar-refractivity contribution in [2.45, 2.75) is 0 Å². The molecule has 0 fully saturated rings. The van der Waals surface area contributed by atoms with Crippen LogP contribution in [0.4, 0.5) is 11.4 Å². The van der Waals surface area contributed by atoms with Gasteiger partial charge >= 0.3 is 0 Å². The van der Waals surface area contributed by atoms with Gasteiger partial charge in [0, 0.05) is 23.8 Å². The Morgan fingerprint density at radius 2 is 1.54 bits per heavy atom. The van der Waals surface area contributed by atoms with E-state index in [4.69, 9.17) is 4.74 Å². The lowest BCUT2D eigenvalue weighted by atomic mass is 10.2. The van der Waals surface area contributed by atoms with Gasteiger partial charge in [-0.2, -0.15) is 0 Å². The van der Waals surface area contributed by atoms with Gasteiger partial charge < -0.3 is 15.4 Å². The van der Waals surface area contributed by atoms with Gasteiger partial charge in [0.2, 0.25) is 0 Å². The van der Waals surface area contributed by atoms with Crippen LogP contribution in [0, 0.1) is 0 Å². The summed E-state index contributed by atoms with van der Waals surface area (Å²) in [6.07, 6.45) is 3.10. The summed E-state index contributed by atoms with van der Waals surface area (Å²) in [5.74, 6) is 0.128. The summed E-state index contributed by atoms with van der Waals surface area (Å²) < 4.78 is 5.39. The molecule has 0 saturated carbocycles. The number of carbonyl (C=O) groups is 2. The van der Waals surface area contributed by atoms with Gasteiger partial charge in [0.05, 0.1) is 5.56 Å². The number of nitrogens with one attached hydrogen (secondary N) is 2. The van der Waals surface area contributed by atoms with Gasteiger partial charge in [-0.25, -0.2) is 0 Å². The highest BCUT2D eigenvalue weighted by Crippen LogP contribution is 2.15. The van der Waals surface area contributed by atoms with Crippen molar-refractivity contribution in [3.8, 4) is 5.75 Å². The first-order valence-electron chi connectivity index (χ1n) is 8.00. The molecule has 0 unspecified atom stereocenters. The summed E-state index contributed by atoms with van der Waals surface area (Å²) in [5.41, 5.74) is 1.71. The first-order chi connectivity index (χ1) is 12.7. The topological polar surface area (TPSA) is 80.3 Å². The van der Waals surface area contributed by atoms with Crippen LogP contribution in [0.5, 0.6) is 5.75 Å². The summed E-state index contributed by atoms with van der Waals surface area (Å²) in [6.45, 7) is -0.0799. The number of pyridine rings is 1. The Kier molecular flexibility index (Phi) is 5.57. The lowest BCUT2D eigenvalue weighted by Gasteiger charge is -2.09. The molecule has 0 aliphatic rings. The fraction of sp³-hybridized carbons (Fsp3) is 0.0500. The van der Waals surface area contributed by atoms with Crippen LogP contribution in [-0.4, -0.2) is 23.4 Å². The number of aromatic nitrogens is 1. The zero-order valence-corrected chi connectivity index (χ0v) is 13.9. The molecular weight excluding hydrogens is 330 g/mol. The van der Waals surface area contributed by atoms with Crippen molar-refractivity contribution < 1.29 is 14.3 Å². The number of para-hydroxylation sites is 1. The molecule has 0 spiro atoms. The van der Waals surface area contributed by atoms with Crippen LogP contribution >= 0.6 is 0 Å². The van der Waals surface area contributed by atoms with Crippen molar-refractivity contribution in [3.63, 3.8) is 0 Å². The highest BCUT2D eigenvalue weighted by molar-refractivity contribution is 6.04. The summed E-state index contributed by atoms with van der Waals surface area (Å²) in [6, 6.07) is 19.3. The number of hydrogen-bond donors (Lipinski definition) is 2. The van der Waals surface area contributed by atoms with Crippen LogP contribution in [0.3, 0.4) is 0 Å². The highest BCUT2D eigenvalue weighted by atomic mass is 16.5. The molecule has 0 aliphatic carbocycles. The van der Waals surface area contributed by atoms with Crippen molar-refractivity contribution in [2.24, 2.45) is 0 Å². The minimum absolute atomic E-state index is 0.0799. The Bertz CT molecular complexity index is 866. The van der Waals surface area contributed by atoms with Crippen LogP contribution in [0.15, 0.2) is 79.1 Å². The molecule has 2 amide bonds. The smallest absolute Gasteiger partial charge is 0.262 e. The Hall–Kier alpha value is -3.67. The van der Waals surface area contributed by atoms with Crippen LogP contribution in [-0.2, 0) is 4.79 Å². The van der Waals surface area contributed by atoms with E-state index in [9.17, 15) is 9.59 Å². The molecule has 6 heteroatoms. The first kappa shape index (κ1) is 17.2. The lowest BCUT2D eigenvalue weighted by Crippen LogP contribution is -2.20. The Morgan fingerprint density at radius 1 is 0.846 bits per heavy atom. The van der Waals surface area contributed by atoms with Crippen molar-refractivity contribution in [2.75, 3.05) is 17.2 Å². The van der Waals surface area contributed by atoms with E-state index in [1.54, 1.807) is 54.7 Å².